The number of hydrogen-bond donors (Lipinski definition) is 1. The second kappa shape index (κ2) is 7.23. The summed E-state index contributed by atoms with van der Waals surface area (Å²) in [5.41, 5.74) is 0.538. The minimum Gasteiger partial charge on any atom is -0.306 e. The molecule has 0 aliphatic heterocycles. The second-order valence-corrected chi connectivity index (χ2v) is 7.25. The Morgan fingerprint density at radius 1 is 1.40 bits per heavy atom. The lowest BCUT2D eigenvalue weighted by molar-refractivity contribution is 0.551. The molecule has 1 nitrogen and oxygen atoms in total. The highest BCUT2D eigenvalue weighted by Gasteiger charge is 2.21. The molecule has 0 saturated carbocycles. The summed E-state index contributed by atoms with van der Waals surface area (Å²) in [5.74, 6) is -0.386. The summed E-state index contributed by atoms with van der Waals surface area (Å²) in [6.45, 7) is 2.85. The van der Waals surface area contributed by atoms with Crippen LogP contribution in [0.15, 0.2) is 28.7 Å². The van der Waals surface area contributed by atoms with Gasteiger partial charge in [0.2, 0.25) is 0 Å². The van der Waals surface area contributed by atoms with Gasteiger partial charge in [0.05, 0.1) is 11.1 Å². The maximum Gasteiger partial charge on any atom is 0.146 e. The first kappa shape index (κ1) is 16.2. The Hall–Kier alpha value is -0.130. The van der Waals surface area contributed by atoms with E-state index < -0.39 is 0 Å². The monoisotopic (exact) mass is 395 g/mol. The summed E-state index contributed by atoms with van der Waals surface area (Å²) in [6.07, 6.45) is 0.957. The Bertz CT molecular complexity index is 583. The summed E-state index contributed by atoms with van der Waals surface area (Å²) in [7, 11) is 0. The lowest BCUT2D eigenvalue weighted by Crippen LogP contribution is -2.23. The van der Waals surface area contributed by atoms with Gasteiger partial charge in [0.1, 0.15) is 10.2 Å². The van der Waals surface area contributed by atoms with Crippen LogP contribution in [0.5, 0.6) is 0 Å². The molecule has 0 spiro atoms. The van der Waals surface area contributed by atoms with E-state index >= 15 is 0 Å². The van der Waals surface area contributed by atoms with Gasteiger partial charge in [-0.2, -0.15) is 0 Å². The maximum absolute atomic E-state index is 14.3. The van der Waals surface area contributed by atoms with Gasteiger partial charge in [-0.1, -0.05) is 42.3 Å². The molecule has 0 fully saturated rings. The third-order valence-electron chi connectivity index (χ3n) is 2.84. The average molecular weight is 397 g/mol. The topological polar surface area (TPSA) is 12.0 Å². The first-order valence-corrected chi connectivity index (χ1v) is 8.53. The van der Waals surface area contributed by atoms with Crippen LogP contribution in [0.2, 0.25) is 9.36 Å². The highest BCUT2D eigenvalue weighted by atomic mass is 79.9. The normalized spacial score (nSPS) is 12.7. The Labute approximate surface area is 140 Å². The van der Waals surface area contributed by atoms with Crippen LogP contribution in [-0.4, -0.2) is 6.54 Å². The molecule has 0 bridgehead atoms. The molecule has 1 heterocycles. The molecule has 1 aromatic heterocycles. The van der Waals surface area contributed by atoms with Gasteiger partial charge >= 0.3 is 0 Å². The van der Waals surface area contributed by atoms with E-state index in [-0.39, 0.29) is 16.9 Å². The van der Waals surface area contributed by atoms with Gasteiger partial charge in [-0.25, -0.2) is 4.39 Å². The fourth-order valence-electron chi connectivity index (χ4n) is 1.90. The Balaban J connectivity index is 2.44. The van der Waals surface area contributed by atoms with Crippen molar-refractivity contribution in [3.05, 3.63) is 54.4 Å². The van der Waals surface area contributed by atoms with Crippen LogP contribution in [0, 0.1) is 5.82 Å². The molecule has 0 aliphatic rings. The number of thiophene rings is 1. The van der Waals surface area contributed by atoms with E-state index in [0.29, 0.717) is 9.90 Å². The Morgan fingerprint density at radius 3 is 2.75 bits per heavy atom. The zero-order valence-corrected chi connectivity index (χ0v) is 14.6. The third-order valence-corrected chi connectivity index (χ3v) is 5.67. The standard InChI is InChI=1S/C14H13BrCl2FNS/c1-2-6-19-13(11-7-9(15)14(17)20-11)8-4-3-5-10(16)12(8)18/h3-5,7,13,19H,2,6H2,1H3. The van der Waals surface area contributed by atoms with Crippen molar-refractivity contribution in [1.29, 1.82) is 0 Å². The molecule has 0 amide bonds. The highest BCUT2D eigenvalue weighted by molar-refractivity contribution is 9.10. The summed E-state index contributed by atoms with van der Waals surface area (Å²) < 4.78 is 15.7. The molecular weight excluding hydrogens is 384 g/mol. The van der Waals surface area contributed by atoms with Gasteiger partial charge < -0.3 is 5.32 Å². The maximum atomic E-state index is 14.3. The second-order valence-electron chi connectivity index (χ2n) is 4.30. The smallest absolute Gasteiger partial charge is 0.146 e. The number of halogens is 4. The van der Waals surface area contributed by atoms with Gasteiger partial charge in [-0.15, -0.1) is 11.3 Å². The molecule has 1 N–H and O–H groups in total. The van der Waals surface area contributed by atoms with Gasteiger partial charge in [0.15, 0.2) is 0 Å². The molecule has 1 unspecified atom stereocenters. The molecule has 20 heavy (non-hydrogen) atoms. The largest absolute Gasteiger partial charge is 0.306 e. The first-order valence-electron chi connectivity index (χ1n) is 6.16. The van der Waals surface area contributed by atoms with Crippen LogP contribution < -0.4 is 5.32 Å². The molecule has 2 aromatic rings. The predicted molar refractivity (Wildman–Crippen MR) is 88.6 cm³/mol. The average Bonchev–Trinajstić information content (AvgIpc) is 2.74. The third kappa shape index (κ3) is 3.55. The number of rotatable bonds is 5. The van der Waals surface area contributed by atoms with Crippen molar-refractivity contribution in [2.24, 2.45) is 0 Å². The van der Waals surface area contributed by atoms with Crippen LogP contribution in [-0.2, 0) is 0 Å². The molecule has 0 saturated heterocycles. The van der Waals surface area contributed by atoms with E-state index in [0.717, 1.165) is 22.3 Å². The summed E-state index contributed by atoms with van der Waals surface area (Å²) in [4.78, 5) is 0.955. The summed E-state index contributed by atoms with van der Waals surface area (Å²) in [5, 5.41) is 3.47. The molecule has 108 valence electrons. The number of nitrogens with one attached hydrogen (secondary N) is 1. The van der Waals surface area contributed by atoms with E-state index in [1.54, 1.807) is 18.2 Å². The van der Waals surface area contributed by atoms with Crippen molar-refractivity contribution in [3.63, 3.8) is 0 Å². The van der Waals surface area contributed by atoms with E-state index in [9.17, 15) is 4.39 Å². The molecule has 0 aliphatic carbocycles. The predicted octanol–water partition coefficient (Wildman–Crippen LogP) is 6.05. The van der Waals surface area contributed by atoms with E-state index in [4.69, 9.17) is 23.2 Å². The van der Waals surface area contributed by atoms with Gasteiger partial charge in [0.25, 0.3) is 0 Å². The quantitative estimate of drug-likeness (QED) is 0.648. The van der Waals surface area contributed by atoms with Crippen molar-refractivity contribution in [2.75, 3.05) is 6.54 Å². The van der Waals surface area contributed by atoms with Gasteiger partial charge in [-0.05, 0) is 41.0 Å². The summed E-state index contributed by atoms with van der Waals surface area (Å²) in [6, 6.07) is 6.72. The highest BCUT2D eigenvalue weighted by Crippen LogP contribution is 2.38. The molecule has 6 heteroatoms. The van der Waals surface area contributed by atoms with Gasteiger partial charge in [-0.3, -0.25) is 0 Å². The summed E-state index contributed by atoms with van der Waals surface area (Å²) >= 11 is 16.8. The van der Waals surface area contributed by atoms with Crippen molar-refractivity contribution < 1.29 is 4.39 Å². The van der Waals surface area contributed by atoms with Crippen LogP contribution in [0.3, 0.4) is 0 Å². The van der Waals surface area contributed by atoms with E-state index in [2.05, 4.69) is 28.2 Å². The van der Waals surface area contributed by atoms with Crippen LogP contribution in [0.25, 0.3) is 0 Å². The van der Waals surface area contributed by atoms with Crippen molar-refractivity contribution >= 4 is 50.5 Å². The zero-order valence-electron chi connectivity index (χ0n) is 10.7. The number of benzene rings is 1. The van der Waals surface area contributed by atoms with Crippen molar-refractivity contribution in [1.82, 2.24) is 5.32 Å². The minimum atomic E-state index is -0.386. The molecule has 2 rings (SSSR count). The molecule has 1 aromatic carbocycles. The number of hydrogen-bond acceptors (Lipinski definition) is 2. The molecule has 1 atom stereocenters. The van der Waals surface area contributed by atoms with Gasteiger partial charge in [0, 0.05) is 14.9 Å². The van der Waals surface area contributed by atoms with Crippen LogP contribution in [0.4, 0.5) is 4.39 Å². The molecular formula is C14H13BrCl2FNS. The van der Waals surface area contributed by atoms with E-state index in [1.165, 1.54) is 11.3 Å². The van der Waals surface area contributed by atoms with Crippen LogP contribution >= 0.6 is 50.5 Å². The van der Waals surface area contributed by atoms with Crippen molar-refractivity contribution in [3.8, 4) is 0 Å². The SMILES string of the molecule is CCCNC(c1cc(Br)c(Cl)s1)c1cccc(Cl)c1F. The Morgan fingerprint density at radius 2 is 2.15 bits per heavy atom. The van der Waals surface area contributed by atoms with E-state index in [1.807, 2.05) is 6.07 Å². The fourth-order valence-corrected chi connectivity index (χ4v) is 3.91. The lowest BCUT2D eigenvalue weighted by atomic mass is 10.0. The zero-order chi connectivity index (χ0) is 14.7. The minimum absolute atomic E-state index is 0.132. The lowest BCUT2D eigenvalue weighted by Gasteiger charge is -2.18. The first-order chi connectivity index (χ1) is 9.54. The molecule has 0 radical (unpaired) electrons. The fraction of sp³-hybridized carbons (Fsp3) is 0.286. The van der Waals surface area contributed by atoms with Crippen LogP contribution in [0.1, 0.15) is 29.8 Å². The Kier molecular flexibility index (Phi) is 5.87. The van der Waals surface area contributed by atoms with Crippen molar-refractivity contribution in [2.45, 2.75) is 19.4 Å².